The third-order valence-electron chi connectivity index (χ3n) is 1.12. The van der Waals surface area contributed by atoms with Crippen LogP contribution in [-0.4, -0.2) is 31.7 Å². The number of nitrogens with zero attached hydrogens (tertiary/aromatic N) is 1. The first-order valence-electron chi connectivity index (χ1n) is 3.94. The van der Waals surface area contributed by atoms with Crippen LogP contribution in [0.5, 0.6) is 0 Å². The number of allylic oxidation sites excluding steroid dienone is 1. The van der Waals surface area contributed by atoms with Crippen LogP contribution in [0.3, 0.4) is 0 Å². The maximum atomic E-state index is 10.9. The minimum absolute atomic E-state index is 0.430. The van der Waals surface area contributed by atoms with Crippen molar-refractivity contribution in [3.8, 4) is 0 Å². The van der Waals surface area contributed by atoms with Gasteiger partial charge in [0.1, 0.15) is 12.0 Å². The van der Waals surface area contributed by atoms with Crippen molar-refractivity contribution in [1.82, 2.24) is 4.90 Å². The van der Waals surface area contributed by atoms with Gasteiger partial charge in [-0.2, -0.15) is 0 Å². The number of carbonyl (C=O) groups excluding carboxylic acids is 1. The molecule has 0 saturated heterocycles. The van der Waals surface area contributed by atoms with Gasteiger partial charge in [0, 0.05) is 20.2 Å². The molecule has 0 atom stereocenters. The number of hydrogen-bond donors (Lipinski definition) is 0. The highest BCUT2D eigenvalue weighted by atomic mass is 16.5. The fourth-order valence-corrected chi connectivity index (χ4v) is 0.507. The largest absolute Gasteiger partial charge is 0.494 e. The first-order chi connectivity index (χ1) is 6.07. The van der Waals surface area contributed by atoms with Gasteiger partial charge in [0.25, 0.3) is 0 Å². The zero-order valence-corrected chi connectivity index (χ0v) is 8.24. The van der Waals surface area contributed by atoms with Crippen LogP contribution in [0.1, 0.15) is 6.92 Å². The zero-order valence-electron chi connectivity index (χ0n) is 8.24. The summed E-state index contributed by atoms with van der Waals surface area (Å²) in [5.74, 6) is 0.467. The number of hydrogen-bond acceptors (Lipinski definition) is 3. The lowest BCUT2D eigenvalue weighted by molar-refractivity contribution is 0.155. The molecule has 1 amide bonds. The van der Waals surface area contributed by atoms with E-state index in [1.807, 2.05) is 6.92 Å². The van der Waals surface area contributed by atoms with E-state index in [0.29, 0.717) is 12.4 Å². The van der Waals surface area contributed by atoms with Crippen LogP contribution in [-0.2, 0) is 9.47 Å². The van der Waals surface area contributed by atoms with Crippen LogP contribution in [0.2, 0.25) is 0 Å². The molecule has 0 spiro atoms. The molecule has 0 aliphatic heterocycles. The molecule has 0 aromatic heterocycles. The topological polar surface area (TPSA) is 38.8 Å². The molecule has 4 nitrogen and oxygen atoms in total. The van der Waals surface area contributed by atoms with Gasteiger partial charge < -0.3 is 14.4 Å². The standard InChI is InChI=1S/C9H15NO3/c1-5-12-8(2)6-7-13-9(11)10(3)4/h6-7H,2,5H2,1,3-4H3/b7-6+. The van der Waals surface area contributed by atoms with E-state index in [0.717, 1.165) is 0 Å². The van der Waals surface area contributed by atoms with Crippen molar-refractivity contribution in [2.24, 2.45) is 0 Å². The van der Waals surface area contributed by atoms with Crippen LogP contribution in [0, 0.1) is 0 Å². The molecule has 0 fully saturated rings. The quantitative estimate of drug-likeness (QED) is 0.494. The molecular formula is C9H15NO3. The molecule has 0 heterocycles. The Balaban J connectivity index is 3.75. The van der Waals surface area contributed by atoms with Crippen LogP contribution in [0.25, 0.3) is 0 Å². The molecule has 0 bridgehead atoms. The Hall–Kier alpha value is -1.45. The van der Waals surface area contributed by atoms with E-state index in [4.69, 9.17) is 4.74 Å². The fraction of sp³-hybridized carbons (Fsp3) is 0.444. The second kappa shape index (κ2) is 6.11. The van der Waals surface area contributed by atoms with Gasteiger partial charge in [-0.05, 0) is 6.92 Å². The third kappa shape index (κ3) is 5.78. The maximum absolute atomic E-state index is 10.9. The molecule has 0 unspecified atom stereocenters. The molecule has 0 rings (SSSR count). The Kier molecular flexibility index (Phi) is 5.43. The minimum atomic E-state index is -0.430. The van der Waals surface area contributed by atoms with Crippen LogP contribution < -0.4 is 0 Å². The summed E-state index contributed by atoms with van der Waals surface area (Å²) in [6.07, 6.45) is 2.31. The van der Waals surface area contributed by atoms with Gasteiger partial charge in [0.05, 0.1) is 6.61 Å². The van der Waals surface area contributed by atoms with Crippen molar-refractivity contribution in [3.63, 3.8) is 0 Å². The second-order valence-corrected chi connectivity index (χ2v) is 2.48. The van der Waals surface area contributed by atoms with Crippen LogP contribution in [0.4, 0.5) is 4.79 Å². The second-order valence-electron chi connectivity index (χ2n) is 2.48. The number of amides is 1. The Bertz CT molecular complexity index is 209. The SMILES string of the molecule is C=C(/C=C/OC(=O)N(C)C)OCC. The van der Waals surface area contributed by atoms with E-state index >= 15 is 0 Å². The predicted octanol–water partition coefficient (Wildman–Crippen LogP) is 1.75. The van der Waals surface area contributed by atoms with E-state index in [1.165, 1.54) is 17.2 Å². The van der Waals surface area contributed by atoms with Crippen LogP contribution in [0.15, 0.2) is 24.7 Å². The van der Waals surface area contributed by atoms with Gasteiger partial charge in [0.2, 0.25) is 0 Å². The lowest BCUT2D eigenvalue weighted by Crippen LogP contribution is -2.20. The highest BCUT2D eigenvalue weighted by molar-refractivity contribution is 5.67. The van der Waals surface area contributed by atoms with Crippen molar-refractivity contribution in [2.45, 2.75) is 6.92 Å². The normalized spacial score (nSPS) is 9.77. The summed E-state index contributed by atoms with van der Waals surface area (Å²) in [6, 6.07) is 0. The molecule has 0 radical (unpaired) electrons. The average Bonchev–Trinajstić information content (AvgIpc) is 2.04. The van der Waals surface area contributed by atoms with Crippen molar-refractivity contribution < 1.29 is 14.3 Å². The highest BCUT2D eigenvalue weighted by Gasteiger charge is 2.00. The van der Waals surface area contributed by atoms with Crippen molar-refractivity contribution in [2.75, 3.05) is 20.7 Å². The predicted molar refractivity (Wildman–Crippen MR) is 50.1 cm³/mol. The summed E-state index contributed by atoms with van der Waals surface area (Å²) >= 11 is 0. The Morgan fingerprint density at radius 3 is 2.62 bits per heavy atom. The van der Waals surface area contributed by atoms with Gasteiger partial charge in [-0.15, -0.1) is 0 Å². The minimum Gasteiger partial charge on any atom is -0.494 e. The van der Waals surface area contributed by atoms with E-state index < -0.39 is 6.09 Å². The molecular weight excluding hydrogens is 170 g/mol. The van der Waals surface area contributed by atoms with E-state index in [-0.39, 0.29) is 0 Å². The number of carbonyl (C=O) groups is 1. The Labute approximate surface area is 78.4 Å². The van der Waals surface area contributed by atoms with E-state index in [2.05, 4.69) is 11.3 Å². The lowest BCUT2D eigenvalue weighted by Gasteiger charge is -2.07. The Morgan fingerprint density at radius 1 is 1.54 bits per heavy atom. The van der Waals surface area contributed by atoms with Gasteiger partial charge in [-0.25, -0.2) is 4.79 Å². The summed E-state index contributed by atoms with van der Waals surface area (Å²) in [6.45, 7) is 5.97. The molecule has 4 heteroatoms. The fourth-order valence-electron chi connectivity index (χ4n) is 0.507. The first-order valence-corrected chi connectivity index (χ1v) is 3.94. The molecule has 0 N–H and O–H groups in total. The Morgan fingerprint density at radius 2 is 2.15 bits per heavy atom. The number of rotatable bonds is 4. The molecule has 13 heavy (non-hydrogen) atoms. The zero-order chi connectivity index (χ0) is 10.3. The molecule has 0 saturated carbocycles. The first kappa shape index (κ1) is 11.6. The molecule has 0 aliphatic rings. The van der Waals surface area contributed by atoms with Gasteiger partial charge in [-0.3, -0.25) is 0 Å². The summed E-state index contributed by atoms with van der Waals surface area (Å²) < 4.78 is 9.68. The van der Waals surface area contributed by atoms with E-state index in [9.17, 15) is 4.79 Å². The number of ether oxygens (including phenoxy) is 2. The molecule has 0 aromatic rings. The molecule has 0 aliphatic carbocycles. The lowest BCUT2D eigenvalue weighted by atomic mass is 10.5. The van der Waals surface area contributed by atoms with Crippen molar-refractivity contribution >= 4 is 6.09 Å². The smallest absolute Gasteiger partial charge is 0.414 e. The van der Waals surface area contributed by atoms with Gasteiger partial charge in [0.15, 0.2) is 0 Å². The van der Waals surface area contributed by atoms with Gasteiger partial charge in [-0.1, -0.05) is 6.58 Å². The molecule has 74 valence electrons. The molecule has 0 aromatic carbocycles. The van der Waals surface area contributed by atoms with Crippen molar-refractivity contribution in [1.29, 1.82) is 0 Å². The summed E-state index contributed by atoms with van der Waals surface area (Å²) in [4.78, 5) is 12.2. The van der Waals surface area contributed by atoms with E-state index in [1.54, 1.807) is 14.1 Å². The third-order valence-corrected chi connectivity index (χ3v) is 1.12. The monoisotopic (exact) mass is 185 g/mol. The van der Waals surface area contributed by atoms with Gasteiger partial charge >= 0.3 is 6.09 Å². The summed E-state index contributed by atoms with van der Waals surface area (Å²) in [5, 5.41) is 0. The summed E-state index contributed by atoms with van der Waals surface area (Å²) in [5.41, 5.74) is 0. The average molecular weight is 185 g/mol. The maximum Gasteiger partial charge on any atom is 0.414 e. The van der Waals surface area contributed by atoms with Crippen molar-refractivity contribution in [3.05, 3.63) is 24.7 Å². The highest BCUT2D eigenvalue weighted by Crippen LogP contribution is 1.96. The van der Waals surface area contributed by atoms with Crippen LogP contribution >= 0.6 is 0 Å². The summed E-state index contributed by atoms with van der Waals surface area (Å²) in [7, 11) is 3.21.